The highest BCUT2D eigenvalue weighted by molar-refractivity contribution is 7.54. The van der Waals surface area contributed by atoms with Crippen molar-refractivity contribution in [2.45, 2.75) is 71.4 Å². The number of carbonyl (C=O) groups excluding carboxylic acids is 1. The molecular formula is C27H42N7O5P. The predicted molar refractivity (Wildman–Crippen MR) is 155 cm³/mol. The van der Waals surface area contributed by atoms with Gasteiger partial charge in [-0.15, -0.1) is 0 Å². The van der Waals surface area contributed by atoms with Crippen molar-refractivity contribution in [1.29, 1.82) is 0 Å². The number of hydrogen-bond acceptors (Lipinski definition) is 10. The molecule has 0 saturated carbocycles. The standard InChI is InChI=1S/C27H42N7O5P/c1-3-5-6-7-8-9-14-30-27(35)23(28)17-21-10-12-22(13-11-21)39-40(36,38-4-2)20-37-16-15-34-19-33-24-25(29)31-18-32-26(24)34/h10-13,18-19,23H,3-9,14-17,20,28H2,1-2H3,(H,30,35)(H2,29,31,32)/t23-,40?/m0/s1. The van der Waals surface area contributed by atoms with Crippen molar-refractivity contribution in [2.24, 2.45) is 5.73 Å². The fraction of sp³-hybridized carbons (Fsp3) is 0.556. The van der Waals surface area contributed by atoms with Gasteiger partial charge >= 0.3 is 7.60 Å². The summed E-state index contributed by atoms with van der Waals surface area (Å²) in [7, 11) is -3.57. The summed E-state index contributed by atoms with van der Waals surface area (Å²) < 4.78 is 31.8. The summed E-state index contributed by atoms with van der Waals surface area (Å²) in [6, 6.07) is 6.31. The lowest BCUT2D eigenvalue weighted by Crippen LogP contribution is -2.42. The Hall–Kier alpha value is -3.05. The van der Waals surface area contributed by atoms with E-state index in [2.05, 4.69) is 27.2 Å². The van der Waals surface area contributed by atoms with Gasteiger partial charge in [-0.1, -0.05) is 51.2 Å². The number of nitrogens with zero attached hydrogens (tertiary/aromatic N) is 4. The average Bonchev–Trinajstić information content (AvgIpc) is 3.36. The van der Waals surface area contributed by atoms with Crippen molar-refractivity contribution in [1.82, 2.24) is 24.8 Å². The minimum atomic E-state index is -3.57. The van der Waals surface area contributed by atoms with Gasteiger partial charge in [-0.25, -0.2) is 19.5 Å². The monoisotopic (exact) mass is 575 g/mol. The molecule has 0 aliphatic heterocycles. The first-order chi connectivity index (χ1) is 19.3. The van der Waals surface area contributed by atoms with Gasteiger partial charge in [-0.05, 0) is 37.5 Å². The molecular weight excluding hydrogens is 533 g/mol. The predicted octanol–water partition coefficient (Wildman–Crippen LogP) is 4.04. The number of benzene rings is 1. The second-order valence-electron chi connectivity index (χ2n) is 9.54. The van der Waals surface area contributed by atoms with Crippen LogP contribution in [0.15, 0.2) is 36.9 Å². The first-order valence-electron chi connectivity index (χ1n) is 13.9. The molecule has 3 rings (SSSR count). The summed E-state index contributed by atoms with van der Waals surface area (Å²) in [4.78, 5) is 24.7. The number of nitrogens with two attached hydrogens (primary N) is 2. The number of imidazole rings is 1. The van der Waals surface area contributed by atoms with E-state index in [-0.39, 0.29) is 25.5 Å². The molecule has 0 radical (unpaired) electrons. The molecule has 220 valence electrons. The lowest BCUT2D eigenvalue weighted by atomic mass is 10.1. The summed E-state index contributed by atoms with van der Waals surface area (Å²) in [6.07, 6.45) is 10.1. The molecule has 2 atom stereocenters. The van der Waals surface area contributed by atoms with Crippen LogP contribution in [0.5, 0.6) is 5.75 Å². The summed E-state index contributed by atoms with van der Waals surface area (Å²) in [5, 5.41) is 2.92. The van der Waals surface area contributed by atoms with Gasteiger partial charge in [0.15, 0.2) is 17.8 Å². The fourth-order valence-corrected chi connectivity index (χ4v) is 5.50. The molecule has 0 aliphatic rings. The maximum Gasteiger partial charge on any atom is 0.404 e. The highest BCUT2D eigenvalue weighted by atomic mass is 31.2. The van der Waals surface area contributed by atoms with Crippen LogP contribution in [-0.4, -0.2) is 57.6 Å². The molecule has 2 heterocycles. The van der Waals surface area contributed by atoms with E-state index in [0.29, 0.717) is 42.2 Å². The summed E-state index contributed by atoms with van der Waals surface area (Å²) in [5.74, 6) is 0.517. The molecule has 0 aliphatic carbocycles. The molecule has 0 spiro atoms. The van der Waals surface area contributed by atoms with Crippen LogP contribution in [0.25, 0.3) is 11.2 Å². The number of hydrogen-bond donors (Lipinski definition) is 3. The molecule has 3 aromatic rings. The Morgan fingerprint density at radius 1 is 1.07 bits per heavy atom. The Morgan fingerprint density at radius 3 is 2.58 bits per heavy atom. The van der Waals surface area contributed by atoms with Crippen LogP contribution >= 0.6 is 7.60 Å². The van der Waals surface area contributed by atoms with Crippen LogP contribution in [0.1, 0.15) is 57.9 Å². The number of ether oxygens (including phenoxy) is 1. The van der Waals surface area contributed by atoms with Crippen molar-refractivity contribution in [2.75, 3.05) is 31.8 Å². The minimum absolute atomic E-state index is 0.161. The van der Waals surface area contributed by atoms with E-state index < -0.39 is 13.6 Å². The Balaban J connectivity index is 1.43. The highest BCUT2D eigenvalue weighted by Crippen LogP contribution is 2.48. The zero-order chi connectivity index (χ0) is 28.8. The third kappa shape index (κ3) is 9.85. The van der Waals surface area contributed by atoms with Gasteiger partial charge in [0.1, 0.15) is 17.6 Å². The maximum atomic E-state index is 13.3. The number of fused-ring (bicyclic) bond motifs is 1. The zero-order valence-corrected chi connectivity index (χ0v) is 24.4. The number of unbranched alkanes of at least 4 members (excludes halogenated alkanes) is 5. The summed E-state index contributed by atoms with van der Waals surface area (Å²) >= 11 is 0. The Kier molecular flexibility index (Phi) is 12.8. The van der Waals surface area contributed by atoms with E-state index in [1.54, 1.807) is 42.1 Å². The Bertz CT molecular complexity index is 1240. The van der Waals surface area contributed by atoms with Crippen LogP contribution in [0.2, 0.25) is 0 Å². The summed E-state index contributed by atoms with van der Waals surface area (Å²) in [6.45, 7) is 5.42. The van der Waals surface area contributed by atoms with Gasteiger partial charge in [-0.2, -0.15) is 0 Å². The first kappa shape index (κ1) is 31.5. The van der Waals surface area contributed by atoms with Gasteiger partial charge < -0.3 is 30.6 Å². The second kappa shape index (κ2) is 16.3. The second-order valence-corrected chi connectivity index (χ2v) is 11.5. The average molecular weight is 576 g/mol. The molecule has 0 fully saturated rings. The molecule has 5 N–H and O–H groups in total. The number of carbonyl (C=O) groups is 1. The van der Waals surface area contributed by atoms with Gasteiger partial charge in [0.05, 0.1) is 25.6 Å². The summed E-state index contributed by atoms with van der Waals surface area (Å²) in [5.41, 5.74) is 13.9. The van der Waals surface area contributed by atoms with E-state index in [1.807, 2.05) is 0 Å². The fourth-order valence-electron chi connectivity index (χ4n) is 4.13. The smallest absolute Gasteiger partial charge is 0.404 e. The van der Waals surface area contributed by atoms with Gasteiger partial charge in [0.25, 0.3) is 0 Å². The van der Waals surface area contributed by atoms with E-state index in [1.165, 1.54) is 32.0 Å². The van der Waals surface area contributed by atoms with Crippen molar-refractivity contribution < 1.29 is 23.1 Å². The quantitative estimate of drug-likeness (QED) is 0.140. The molecule has 2 aromatic heterocycles. The van der Waals surface area contributed by atoms with Crippen LogP contribution < -0.4 is 21.3 Å². The van der Waals surface area contributed by atoms with Crippen molar-refractivity contribution in [3.8, 4) is 5.75 Å². The number of anilines is 1. The number of nitrogens with one attached hydrogen (secondary N) is 1. The molecule has 12 nitrogen and oxygen atoms in total. The molecule has 40 heavy (non-hydrogen) atoms. The third-order valence-corrected chi connectivity index (χ3v) is 7.91. The van der Waals surface area contributed by atoms with Crippen molar-refractivity contribution in [3.63, 3.8) is 0 Å². The van der Waals surface area contributed by atoms with Crippen LogP contribution in [0.4, 0.5) is 5.82 Å². The maximum absolute atomic E-state index is 13.3. The third-order valence-electron chi connectivity index (χ3n) is 6.27. The molecule has 1 unspecified atom stereocenters. The van der Waals surface area contributed by atoms with Gasteiger partial charge in [-0.3, -0.25) is 9.32 Å². The zero-order valence-electron chi connectivity index (χ0n) is 23.5. The van der Waals surface area contributed by atoms with Gasteiger partial charge in [0, 0.05) is 13.1 Å². The Labute approximate surface area is 235 Å². The first-order valence-corrected chi connectivity index (χ1v) is 15.6. The Morgan fingerprint density at radius 2 is 1.82 bits per heavy atom. The topological polar surface area (TPSA) is 169 Å². The van der Waals surface area contributed by atoms with E-state index in [0.717, 1.165) is 18.4 Å². The molecule has 0 bridgehead atoms. The minimum Gasteiger partial charge on any atom is -0.423 e. The van der Waals surface area contributed by atoms with Crippen LogP contribution in [0, 0.1) is 0 Å². The lowest BCUT2D eigenvalue weighted by molar-refractivity contribution is -0.122. The molecule has 1 aromatic carbocycles. The van der Waals surface area contributed by atoms with Gasteiger partial charge in [0.2, 0.25) is 5.91 Å². The van der Waals surface area contributed by atoms with Crippen LogP contribution in [-0.2, 0) is 31.6 Å². The van der Waals surface area contributed by atoms with Crippen molar-refractivity contribution >= 4 is 30.5 Å². The van der Waals surface area contributed by atoms with Crippen LogP contribution in [0.3, 0.4) is 0 Å². The molecule has 1 amide bonds. The largest absolute Gasteiger partial charge is 0.423 e. The number of rotatable bonds is 19. The SMILES string of the molecule is CCCCCCCCNC(=O)[C@@H](N)Cc1ccc(OP(=O)(COCCn2cnc3c(N)ncnc32)OCC)cc1. The highest BCUT2D eigenvalue weighted by Gasteiger charge is 2.26. The molecule has 13 heteroatoms. The number of nitrogen functional groups attached to an aromatic ring is 1. The molecule has 0 saturated heterocycles. The number of amides is 1. The number of aromatic nitrogens is 4. The van der Waals surface area contributed by atoms with Crippen molar-refractivity contribution in [3.05, 3.63) is 42.5 Å². The van der Waals surface area contributed by atoms with E-state index in [4.69, 9.17) is 25.3 Å². The van der Waals surface area contributed by atoms with E-state index in [9.17, 15) is 9.36 Å². The normalized spacial score (nSPS) is 13.7. The lowest BCUT2D eigenvalue weighted by Gasteiger charge is -2.19. The van der Waals surface area contributed by atoms with E-state index >= 15 is 0 Å².